The summed E-state index contributed by atoms with van der Waals surface area (Å²) >= 11 is 0. The van der Waals surface area contributed by atoms with Gasteiger partial charge in [0.2, 0.25) is 10.0 Å². The van der Waals surface area contributed by atoms with E-state index in [1.54, 1.807) is 31.4 Å². The van der Waals surface area contributed by atoms with Crippen LogP contribution in [-0.2, 0) is 29.6 Å². The number of ether oxygens (including phenoxy) is 3. The maximum absolute atomic E-state index is 13.2. The fourth-order valence-electron chi connectivity index (χ4n) is 3.66. The van der Waals surface area contributed by atoms with Gasteiger partial charge in [0.1, 0.15) is 12.4 Å². The van der Waals surface area contributed by atoms with Crippen molar-refractivity contribution in [3.63, 3.8) is 0 Å². The SMILES string of the molecule is COc1cccc(S(=O)(=O)N2CCc3cc(OCc4ccccc4)c(OC)cc3C2)c1. The first-order valence-corrected chi connectivity index (χ1v) is 11.5. The lowest BCUT2D eigenvalue weighted by Crippen LogP contribution is -2.36. The van der Waals surface area contributed by atoms with Gasteiger partial charge in [-0.1, -0.05) is 36.4 Å². The lowest BCUT2D eigenvalue weighted by Gasteiger charge is -2.29. The number of hydrogen-bond donors (Lipinski definition) is 0. The van der Waals surface area contributed by atoms with Gasteiger partial charge in [0.25, 0.3) is 0 Å². The Labute approximate surface area is 183 Å². The summed E-state index contributed by atoms with van der Waals surface area (Å²) in [6.45, 7) is 1.12. The van der Waals surface area contributed by atoms with Gasteiger partial charge in [-0.25, -0.2) is 8.42 Å². The molecule has 0 unspecified atom stereocenters. The lowest BCUT2D eigenvalue weighted by molar-refractivity contribution is 0.282. The summed E-state index contributed by atoms with van der Waals surface area (Å²) in [6.07, 6.45) is 0.601. The highest BCUT2D eigenvalue weighted by Crippen LogP contribution is 2.35. The summed E-state index contributed by atoms with van der Waals surface area (Å²) in [5.74, 6) is 1.77. The maximum Gasteiger partial charge on any atom is 0.243 e. The van der Waals surface area contributed by atoms with Crippen molar-refractivity contribution in [1.29, 1.82) is 0 Å². The number of nitrogens with zero attached hydrogens (tertiary/aromatic N) is 1. The van der Waals surface area contributed by atoms with Crippen molar-refractivity contribution in [2.75, 3.05) is 20.8 Å². The van der Waals surface area contributed by atoms with E-state index in [4.69, 9.17) is 14.2 Å². The second kappa shape index (κ2) is 8.99. The highest BCUT2D eigenvalue weighted by atomic mass is 32.2. The van der Waals surface area contributed by atoms with Gasteiger partial charge < -0.3 is 14.2 Å². The quantitative estimate of drug-likeness (QED) is 0.556. The Bertz CT molecular complexity index is 1160. The Kier molecular flexibility index (Phi) is 6.15. The Morgan fingerprint density at radius 1 is 0.871 bits per heavy atom. The number of rotatable bonds is 7. The van der Waals surface area contributed by atoms with Crippen LogP contribution in [0.4, 0.5) is 0 Å². The number of benzene rings is 3. The first-order valence-electron chi connectivity index (χ1n) is 10.0. The molecule has 0 saturated heterocycles. The average Bonchev–Trinajstić information content (AvgIpc) is 2.82. The number of fused-ring (bicyclic) bond motifs is 1. The normalized spacial score (nSPS) is 14.0. The molecule has 31 heavy (non-hydrogen) atoms. The van der Waals surface area contributed by atoms with Crippen LogP contribution in [0.25, 0.3) is 0 Å². The fraction of sp³-hybridized carbons (Fsp3) is 0.250. The summed E-state index contributed by atoms with van der Waals surface area (Å²) in [4.78, 5) is 0.227. The van der Waals surface area contributed by atoms with Crippen molar-refractivity contribution in [3.8, 4) is 17.2 Å². The van der Waals surface area contributed by atoms with Gasteiger partial charge in [-0.15, -0.1) is 0 Å². The Balaban J connectivity index is 1.56. The number of methoxy groups -OCH3 is 2. The van der Waals surface area contributed by atoms with Crippen LogP contribution in [0.2, 0.25) is 0 Å². The summed E-state index contributed by atoms with van der Waals surface area (Å²) in [5, 5.41) is 0. The van der Waals surface area contributed by atoms with E-state index in [9.17, 15) is 8.42 Å². The van der Waals surface area contributed by atoms with Crippen LogP contribution >= 0.6 is 0 Å². The van der Waals surface area contributed by atoms with Gasteiger partial charge >= 0.3 is 0 Å². The minimum atomic E-state index is -3.63. The van der Waals surface area contributed by atoms with Gasteiger partial charge in [0.15, 0.2) is 11.5 Å². The van der Waals surface area contributed by atoms with Gasteiger partial charge in [0.05, 0.1) is 19.1 Å². The summed E-state index contributed by atoms with van der Waals surface area (Å²) in [6, 6.07) is 20.3. The molecule has 0 aliphatic carbocycles. The van der Waals surface area contributed by atoms with E-state index in [0.717, 1.165) is 16.7 Å². The average molecular weight is 440 g/mol. The molecule has 0 N–H and O–H groups in total. The van der Waals surface area contributed by atoms with Gasteiger partial charge in [-0.3, -0.25) is 0 Å². The Hall–Kier alpha value is -3.03. The van der Waals surface area contributed by atoms with Gasteiger partial charge in [-0.05, 0) is 47.4 Å². The lowest BCUT2D eigenvalue weighted by atomic mass is 10.0. The first-order chi connectivity index (χ1) is 15.0. The topological polar surface area (TPSA) is 65.1 Å². The molecular weight excluding hydrogens is 414 g/mol. The largest absolute Gasteiger partial charge is 0.497 e. The van der Waals surface area contributed by atoms with Crippen LogP contribution in [-0.4, -0.2) is 33.5 Å². The van der Waals surface area contributed by atoms with Crippen LogP contribution in [0.3, 0.4) is 0 Å². The first kappa shape index (κ1) is 21.2. The molecule has 0 spiro atoms. The highest BCUT2D eigenvalue weighted by molar-refractivity contribution is 7.89. The number of hydrogen-bond acceptors (Lipinski definition) is 5. The van der Waals surface area contributed by atoms with E-state index in [2.05, 4.69) is 0 Å². The summed E-state index contributed by atoms with van der Waals surface area (Å²) in [7, 11) is -0.524. The second-order valence-electron chi connectivity index (χ2n) is 7.31. The van der Waals surface area contributed by atoms with Gasteiger partial charge in [-0.2, -0.15) is 4.31 Å². The van der Waals surface area contributed by atoms with Crippen molar-refractivity contribution in [2.24, 2.45) is 0 Å². The van der Waals surface area contributed by atoms with Crippen molar-refractivity contribution < 1.29 is 22.6 Å². The zero-order valence-corrected chi connectivity index (χ0v) is 18.4. The van der Waals surface area contributed by atoms with Crippen LogP contribution in [0.5, 0.6) is 17.2 Å². The van der Waals surface area contributed by atoms with Crippen molar-refractivity contribution in [3.05, 3.63) is 83.4 Å². The molecule has 0 radical (unpaired) electrons. The molecule has 0 amide bonds. The maximum atomic E-state index is 13.2. The highest BCUT2D eigenvalue weighted by Gasteiger charge is 2.29. The van der Waals surface area contributed by atoms with E-state index >= 15 is 0 Å². The minimum absolute atomic E-state index is 0.227. The fourth-order valence-corrected chi connectivity index (χ4v) is 5.12. The molecule has 1 heterocycles. The predicted molar refractivity (Wildman–Crippen MR) is 118 cm³/mol. The minimum Gasteiger partial charge on any atom is -0.497 e. The molecule has 4 rings (SSSR count). The van der Waals surface area contributed by atoms with E-state index in [0.29, 0.717) is 36.8 Å². The zero-order valence-electron chi connectivity index (χ0n) is 17.6. The molecule has 0 fully saturated rings. The van der Waals surface area contributed by atoms with Crippen LogP contribution in [0.15, 0.2) is 71.6 Å². The van der Waals surface area contributed by atoms with Crippen molar-refractivity contribution in [2.45, 2.75) is 24.5 Å². The number of sulfonamides is 1. The molecule has 3 aromatic carbocycles. The van der Waals surface area contributed by atoms with Crippen molar-refractivity contribution >= 4 is 10.0 Å². The molecule has 6 nitrogen and oxygen atoms in total. The molecule has 0 atom stereocenters. The Morgan fingerprint density at radius 3 is 2.39 bits per heavy atom. The van der Waals surface area contributed by atoms with Crippen molar-refractivity contribution in [1.82, 2.24) is 4.31 Å². The molecular formula is C24H25NO5S. The molecule has 162 valence electrons. The van der Waals surface area contributed by atoms with E-state index in [1.165, 1.54) is 11.4 Å². The molecule has 0 aromatic heterocycles. The molecule has 1 aliphatic heterocycles. The van der Waals surface area contributed by atoms with Crippen LogP contribution in [0, 0.1) is 0 Å². The monoisotopic (exact) mass is 439 g/mol. The van der Waals surface area contributed by atoms with Crippen LogP contribution in [0.1, 0.15) is 16.7 Å². The third-order valence-electron chi connectivity index (χ3n) is 5.38. The van der Waals surface area contributed by atoms with E-state index in [-0.39, 0.29) is 11.4 Å². The van der Waals surface area contributed by atoms with E-state index < -0.39 is 10.0 Å². The molecule has 0 bridgehead atoms. The molecule has 3 aromatic rings. The third-order valence-corrected chi connectivity index (χ3v) is 7.22. The second-order valence-corrected chi connectivity index (χ2v) is 9.25. The zero-order chi connectivity index (χ0) is 21.8. The standard InChI is InChI=1S/C24H25NO5S/c1-28-21-9-6-10-22(15-21)31(26,27)25-12-11-19-13-24(23(29-2)14-20(19)16-25)30-17-18-7-4-3-5-8-18/h3-10,13-15H,11-12,16-17H2,1-2H3. The molecule has 1 aliphatic rings. The molecule has 0 saturated carbocycles. The summed E-state index contributed by atoms with van der Waals surface area (Å²) in [5.41, 5.74) is 3.06. The predicted octanol–water partition coefficient (Wildman–Crippen LogP) is 4.03. The Morgan fingerprint density at radius 2 is 1.65 bits per heavy atom. The summed E-state index contributed by atoms with van der Waals surface area (Å²) < 4.78 is 44.5. The smallest absolute Gasteiger partial charge is 0.243 e. The molecule has 7 heteroatoms. The van der Waals surface area contributed by atoms with E-state index in [1.807, 2.05) is 42.5 Å². The third kappa shape index (κ3) is 4.52. The van der Waals surface area contributed by atoms with Gasteiger partial charge in [0, 0.05) is 19.2 Å². The van der Waals surface area contributed by atoms with Crippen LogP contribution < -0.4 is 14.2 Å².